The molecular formula is C15H24ClNO2. The third-order valence-electron chi connectivity index (χ3n) is 3.64. The average molecular weight is 286 g/mol. The second-order valence-electron chi connectivity index (χ2n) is 5.49. The van der Waals surface area contributed by atoms with Crippen molar-refractivity contribution in [3.63, 3.8) is 0 Å². The van der Waals surface area contributed by atoms with Crippen molar-refractivity contribution in [1.29, 1.82) is 0 Å². The van der Waals surface area contributed by atoms with Crippen molar-refractivity contribution >= 4 is 11.6 Å². The molecule has 0 spiro atoms. The van der Waals surface area contributed by atoms with E-state index in [2.05, 4.69) is 5.32 Å². The van der Waals surface area contributed by atoms with Crippen LogP contribution in [0.1, 0.15) is 39.3 Å². The van der Waals surface area contributed by atoms with Crippen LogP contribution < -0.4 is 10.1 Å². The Hall–Kier alpha value is -0.770. The highest BCUT2D eigenvalue weighted by atomic mass is 35.5. The van der Waals surface area contributed by atoms with Gasteiger partial charge in [0.1, 0.15) is 12.4 Å². The molecular weight excluding hydrogens is 262 g/mol. The van der Waals surface area contributed by atoms with E-state index in [-0.39, 0.29) is 18.6 Å². The molecule has 0 aromatic heterocycles. The minimum atomic E-state index is -0.847. The van der Waals surface area contributed by atoms with Gasteiger partial charge in [-0.05, 0) is 45.0 Å². The first kappa shape index (κ1) is 16.3. The lowest BCUT2D eigenvalue weighted by atomic mass is 9.94. The third-order valence-corrected chi connectivity index (χ3v) is 3.87. The van der Waals surface area contributed by atoms with E-state index < -0.39 is 5.60 Å². The van der Waals surface area contributed by atoms with Crippen molar-refractivity contribution in [1.82, 2.24) is 5.32 Å². The quantitative estimate of drug-likeness (QED) is 0.842. The predicted octanol–water partition coefficient (Wildman–Crippen LogP) is 3.41. The fourth-order valence-electron chi connectivity index (χ4n) is 1.54. The lowest BCUT2D eigenvalue weighted by Gasteiger charge is -2.28. The topological polar surface area (TPSA) is 41.5 Å². The van der Waals surface area contributed by atoms with Gasteiger partial charge in [-0.1, -0.05) is 25.4 Å². The van der Waals surface area contributed by atoms with Gasteiger partial charge in [-0.15, -0.1) is 0 Å². The minimum Gasteiger partial charge on any atom is -0.490 e. The number of hydrogen-bond acceptors (Lipinski definition) is 3. The van der Waals surface area contributed by atoms with Crippen molar-refractivity contribution in [3.05, 3.63) is 28.8 Å². The maximum absolute atomic E-state index is 10.2. The van der Waals surface area contributed by atoms with Gasteiger partial charge < -0.3 is 15.2 Å². The van der Waals surface area contributed by atoms with Gasteiger partial charge in [0.25, 0.3) is 0 Å². The molecule has 3 nitrogen and oxygen atoms in total. The first-order valence-electron chi connectivity index (χ1n) is 6.60. The number of hydrogen-bond donors (Lipinski definition) is 2. The second-order valence-corrected chi connectivity index (χ2v) is 5.93. The highest BCUT2D eigenvalue weighted by Gasteiger charge is 2.26. The van der Waals surface area contributed by atoms with Gasteiger partial charge in [0, 0.05) is 16.6 Å². The molecule has 0 saturated carbocycles. The van der Waals surface area contributed by atoms with Crippen LogP contribution in [0.25, 0.3) is 0 Å². The molecule has 2 atom stereocenters. The van der Waals surface area contributed by atoms with E-state index in [9.17, 15) is 5.11 Å². The van der Waals surface area contributed by atoms with Gasteiger partial charge >= 0.3 is 0 Å². The van der Waals surface area contributed by atoms with Crippen molar-refractivity contribution in [2.45, 2.75) is 39.3 Å². The van der Waals surface area contributed by atoms with Crippen LogP contribution in [-0.2, 0) is 0 Å². The number of rotatable bonds is 6. The van der Waals surface area contributed by atoms with Crippen LogP contribution in [0.3, 0.4) is 0 Å². The summed E-state index contributed by atoms with van der Waals surface area (Å²) in [5.41, 5.74) is 0.148. The molecule has 4 heteroatoms. The first-order chi connectivity index (χ1) is 8.77. The Labute approximate surface area is 120 Å². The normalized spacial score (nSPS) is 16.2. The van der Waals surface area contributed by atoms with Crippen LogP contribution in [0.5, 0.6) is 5.75 Å². The molecule has 0 saturated heterocycles. The summed E-state index contributed by atoms with van der Waals surface area (Å²) in [6.45, 7) is 8.04. The largest absolute Gasteiger partial charge is 0.490 e. The Morgan fingerprint density at radius 2 is 2.00 bits per heavy atom. The SMILES string of the molecule is CNC(C)c1cc(Cl)ccc1OCC(C)(O)C(C)C. The predicted molar refractivity (Wildman–Crippen MR) is 79.9 cm³/mol. The number of ether oxygens (including phenoxy) is 1. The van der Waals surface area contributed by atoms with E-state index in [1.165, 1.54) is 0 Å². The van der Waals surface area contributed by atoms with Crippen molar-refractivity contribution < 1.29 is 9.84 Å². The molecule has 0 aliphatic heterocycles. The second kappa shape index (κ2) is 6.60. The van der Waals surface area contributed by atoms with Gasteiger partial charge in [0.15, 0.2) is 0 Å². The zero-order valence-electron chi connectivity index (χ0n) is 12.3. The summed E-state index contributed by atoms with van der Waals surface area (Å²) in [7, 11) is 1.89. The number of aliphatic hydroxyl groups is 1. The number of benzene rings is 1. The first-order valence-corrected chi connectivity index (χ1v) is 6.97. The Kier molecular flexibility index (Phi) is 5.65. The highest BCUT2D eigenvalue weighted by molar-refractivity contribution is 6.30. The van der Waals surface area contributed by atoms with Gasteiger partial charge in [0.05, 0.1) is 5.60 Å². The highest BCUT2D eigenvalue weighted by Crippen LogP contribution is 2.29. The van der Waals surface area contributed by atoms with Gasteiger partial charge in [-0.2, -0.15) is 0 Å². The van der Waals surface area contributed by atoms with E-state index in [1.54, 1.807) is 13.0 Å². The molecule has 2 unspecified atom stereocenters. The molecule has 1 aromatic rings. The summed E-state index contributed by atoms with van der Waals surface area (Å²) < 4.78 is 5.79. The molecule has 108 valence electrons. The lowest BCUT2D eigenvalue weighted by molar-refractivity contribution is -0.0269. The van der Waals surface area contributed by atoms with Crippen molar-refractivity contribution in [2.75, 3.05) is 13.7 Å². The molecule has 0 bridgehead atoms. The van der Waals surface area contributed by atoms with E-state index in [0.29, 0.717) is 5.02 Å². The smallest absolute Gasteiger partial charge is 0.124 e. The summed E-state index contributed by atoms with van der Waals surface area (Å²) in [6, 6.07) is 5.68. The molecule has 0 fully saturated rings. The Morgan fingerprint density at radius 1 is 1.37 bits per heavy atom. The minimum absolute atomic E-state index is 0.130. The zero-order valence-corrected chi connectivity index (χ0v) is 13.1. The monoisotopic (exact) mass is 285 g/mol. The van der Waals surface area contributed by atoms with E-state index in [0.717, 1.165) is 11.3 Å². The molecule has 19 heavy (non-hydrogen) atoms. The van der Waals surface area contributed by atoms with Crippen molar-refractivity contribution in [2.24, 2.45) is 5.92 Å². The van der Waals surface area contributed by atoms with Crippen LogP contribution in [0.2, 0.25) is 5.02 Å². The maximum Gasteiger partial charge on any atom is 0.124 e. The van der Waals surface area contributed by atoms with Crippen molar-refractivity contribution in [3.8, 4) is 5.75 Å². The van der Waals surface area contributed by atoms with Gasteiger partial charge in [-0.3, -0.25) is 0 Å². The number of nitrogens with one attached hydrogen (secondary N) is 1. The molecule has 0 aliphatic carbocycles. The molecule has 0 aliphatic rings. The summed E-state index contributed by atoms with van der Waals surface area (Å²) in [5, 5.41) is 14.1. The van der Waals surface area contributed by atoms with E-state index in [1.807, 2.05) is 40.0 Å². The van der Waals surface area contributed by atoms with E-state index >= 15 is 0 Å². The summed E-state index contributed by atoms with van der Waals surface area (Å²) in [5.74, 6) is 0.886. The molecule has 0 amide bonds. The van der Waals surface area contributed by atoms with E-state index in [4.69, 9.17) is 16.3 Å². The molecule has 0 heterocycles. The zero-order chi connectivity index (χ0) is 14.6. The summed E-state index contributed by atoms with van der Waals surface area (Å²) in [4.78, 5) is 0. The Balaban J connectivity index is 2.89. The molecule has 2 N–H and O–H groups in total. The van der Waals surface area contributed by atoms with Gasteiger partial charge in [0.2, 0.25) is 0 Å². The Bertz CT molecular complexity index is 419. The molecule has 1 aromatic carbocycles. The third kappa shape index (κ3) is 4.37. The average Bonchev–Trinajstić information content (AvgIpc) is 2.36. The van der Waals surface area contributed by atoms with Gasteiger partial charge in [-0.25, -0.2) is 0 Å². The summed E-state index contributed by atoms with van der Waals surface area (Å²) >= 11 is 6.03. The fraction of sp³-hybridized carbons (Fsp3) is 0.600. The molecule has 1 rings (SSSR count). The summed E-state index contributed by atoms with van der Waals surface area (Å²) in [6.07, 6.45) is 0. The lowest BCUT2D eigenvalue weighted by Crippen LogP contribution is -2.38. The standard InChI is InChI=1S/C15H24ClNO2/c1-10(2)15(4,18)9-19-14-7-6-12(16)8-13(14)11(3)17-5/h6-8,10-11,17-18H,9H2,1-5H3. The number of halogens is 1. The fourth-order valence-corrected chi connectivity index (χ4v) is 1.72. The van der Waals surface area contributed by atoms with Crippen LogP contribution in [0, 0.1) is 5.92 Å². The molecule has 0 radical (unpaired) electrons. The maximum atomic E-state index is 10.2. The van der Waals surface area contributed by atoms with Crippen LogP contribution in [0.4, 0.5) is 0 Å². The Morgan fingerprint density at radius 3 is 2.53 bits per heavy atom. The van der Waals surface area contributed by atoms with Crippen LogP contribution in [0.15, 0.2) is 18.2 Å². The van der Waals surface area contributed by atoms with Crippen LogP contribution in [-0.4, -0.2) is 24.4 Å². The van der Waals surface area contributed by atoms with Crippen LogP contribution >= 0.6 is 11.6 Å².